The Balaban J connectivity index is 2.59. The summed E-state index contributed by atoms with van der Waals surface area (Å²) in [5.74, 6) is 1.03. The number of anilines is 1. The first-order valence-corrected chi connectivity index (χ1v) is 7.03. The predicted octanol–water partition coefficient (Wildman–Crippen LogP) is 3.18. The van der Waals surface area contributed by atoms with E-state index >= 15 is 0 Å². The minimum atomic E-state index is -0.472. The SMILES string of the molecule is CC(C)C[C@H](N)C(=O)Nc1ccc(OC(C)(C)C)cc1. The Morgan fingerprint density at radius 1 is 1.25 bits per heavy atom. The molecule has 1 amide bonds. The fraction of sp³-hybridized carbons (Fsp3) is 0.562. The van der Waals surface area contributed by atoms with Gasteiger partial charge in [0.25, 0.3) is 0 Å². The van der Waals surface area contributed by atoms with Crippen molar-refractivity contribution in [2.24, 2.45) is 11.7 Å². The normalized spacial score (nSPS) is 13.2. The molecule has 0 saturated heterocycles. The Bertz CT molecular complexity index is 433. The predicted molar refractivity (Wildman–Crippen MR) is 82.9 cm³/mol. The van der Waals surface area contributed by atoms with E-state index < -0.39 is 6.04 Å². The first kappa shape index (κ1) is 16.5. The summed E-state index contributed by atoms with van der Waals surface area (Å²) in [4.78, 5) is 11.9. The van der Waals surface area contributed by atoms with Gasteiger partial charge in [0.15, 0.2) is 0 Å². The van der Waals surface area contributed by atoms with Crippen LogP contribution in [-0.4, -0.2) is 17.6 Å². The van der Waals surface area contributed by atoms with Gasteiger partial charge >= 0.3 is 0 Å². The minimum Gasteiger partial charge on any atom is -0.488 e. The maximum atomic E-state index is 11.9. The van der Waals surface area contributed by atoms with Crippen LogP contribution in [0.25, 0.3) is 0 Å². The number of benzene rings is 1. The highest BCUT2D eigenvalue weighted by atomic mass is 16.5. The van der Waals surface area contributed by atoms with E-state index in [1.54, 1.807) is 0 Å². The van der Waals surface area contributed by atoms with Gasteiger partial charge in [0.1, 0.15) is 11.4 Å². The summed E-state index contributed by atoms with van der Waals surface area (Å²) < 4.78 is 5.72. The fourth-order valence-electron chi connectivity index (χ4n) is 1.81. The van der Waals surface area contributed by atoms with Gasteiger partial charge in [-0.3, -0.25) is 4.79 Å². The number of ether oxygens (including phenoxy) is 1. The third kappa shape index (κ3) is 6.06. The topological polar surface area (TPSA) is 64.4 Å². The molecule has 1 rings (SSSR count). The quantitative estimate of drug-likeness (QED) is 0.869. The summed E-state index contributed by atoms with van der Waals surface area (Å²) >= 11 is 0. The molecule has 0 heterocycles. The first-order chi connectivity index (χ1) is 9.17. The molecular weight excluding hydrogens is 252 g/mol. The standard InChI is InChI=1S/C16H26N2O2/c1-11(2)10-14(17)15(19)18-12-6-8-13(9-7-12)20-16(3,4)5/h6-9,11,14H,10,17H2,1-5H3,(H,18,19)/t14-/m0/s1. The third-order valence-corrected chi connectivity index (χ3v) is 2.61. The number of nitrogens with two attached hydrogens (primary N) is 1. The summed E-state index contributed by atoms with van der Waals surface area (Å²) in [7, 11) is 0. The molecule has 0 fully saturated rings. The van der Waals surface area contributed by atoms with Crippen molar-refractivity contribution in [3.8, 4) is 5.75 Å². The number of amides is 1. The molecule has 1 atom stereocenters. The number of rotatable bonds is 5. The summed E-state index contributed by atoms with van der Waals surface area (Å²) in [5.41, 5.74) is 6.34. The number of carbonyl (C=O) groups is 1. The second-order valence-electron chi connectivity index (χ2n) is 6.46. The van der Waals surface area contributed by atoms with Crippen LogP contribution in [0.15, 0.2) is 24.3 Å². The largest absolute Gasteiger partial charge is 0.488 e. The second-order valence-corrected chi connectivity index (χ2v) is 6.46. The Morgan fingerprint density at radius 3 is 2.25 bits per heavy atom. The zero-order valence-electron chi connectivity index (χ0n) is 13.1. The molecule has 4 nitrogen and oxygen atoms in total. The summed E-state index contributed by atoms with van der Waals surface area (Å²) in [6.45, 7) is 10.1. The van der Waals surface area contributed by atoms with Crippen molar-refractivity contribution in [3.05, 3.63) is 24.3 Å². The molecular formula is C16H26N2O2. The fourth-order valence-corrected chi connectivity index (χ4v) is 1.81. The molecule has 0 aliphatic rings. The van der Waals surface area contributed by atoms with Crippen LogP contribution in [0.2, 0.25) is 0 Å². The smallest absolute Gasteiger partial charge is 0.241 e. The number of hydrogen-bond donors (Lipinski definition) is 2. The van der Waals surface area contributed by atoms with Crippen LogP contribution < -0.4 is 15.8 Å². The Labute approximate surface area is 121 Å². The van der Waals surface area contributed by atoms with Crippen LogP contribution >= 0.6 is 0 Å². The van der Waals surface area contributed by atoms with Crippen molar-refractivity contribution >= 4 is 11.6 Å². The molecule has 112 valence electrons. The molecule has 0 spiro atoms. The van der Waals surface area contributed by atoms with Gasteiger partial charge in [0.05, 0.1) is 6.04 Å². The van der Waals surface area contributed by atoms with Crippen molar-refractivity contribution < 1.29 is 9.53 Å². The second kappa shape index (κ2) is 6.75. The summed E-state index contributed by atoms with van der Waals surface area (Å²) in [5, 5.41) is 2.82. The molecule has 0 saturated carbocycles. The van der Waals surface area contributed by atoms with E-state index in [1.165, 1.54) is 0 Å². The van der Waals surface area contributed by atoms with Crippen LogP contribution in [0.3, 0.4) is 0 Å². The van der Waals surface area contributed by atoms with Gasteiger partial charge in [0, 0.05) is 5.69 Å². The first-order valence-electron chi connectivity index (χ1n) is 7.03. The number of nitrogens with one attached hydrogen (secondary N) is 1. The molecule has 0 bridgehead atoms. The maximum absolute atomic E-state index is 11.9. The number of carbonyl (C=O) groups excluding carboxylic acids is 1. The van der Waals surface area contributed by atoms with Crippen LogP contribution in [-0.2, 0) is 4.79 Å². The van der Waals surface area contributed by atoms with Gasteiger partial charge in [-0.2, -0.15) is 0 Å². The zero-order chi connectivity index (χ0) is 15.3. The molecule has 1 aromatic carbocycles. The van der Waals surface area contributed by atoms with E-state index in [-0.39, 0.29) is 11.5 Å². The minimum absolute atomic E-state index is 0.150. The lowest BCUT2D eigenvalue weighted by Gasteiger charge is -2.21. The zero-order valence-corrected chi connectivity index (χ0v) is 13.1. The average Bonchev–Trinajstić information content (AvgIpc) is 2.28. The highest BCUT2D eigenvalue weighted by molar-refractivity contribution is 5.94. The van der Waals surface area contributed by atoms with E-state index in [9.17, 15) is 4.79 Å². The van der Waals surface area contributed by atoms with Crippen molar-refractivity contribution in [2.75, 3.05) is 5.32 Å². The van der Waals surface area contributed by atoms with Gasteiger partial charge in [-0.05, 0) is 57.4 Å². The highest BCUT2D eigenvalue weighted by Gasteiger charge is 2.15. The molecule has 0 aromatic heterocycles. The van der Waals surface area contributed by atoms with E-state index in [0.717, 1.165) is 11.4 Å². The van der Waals surface area contributed by atoms with Gasteiger partial charge in [-0.1, -0.05) is 13.8 Å². The van der Waals surface area contributed by atoms with Gasteiger partial charge in [-0.15, -0.1) is 0 Å². The van der Waals surface area contributed by atoms with E-state index in [4.69, 9.17) is 10.5 Å². The maximum Gasteiger partial charge on any atom is 0.241 e. The molecule has 20 heavy (non-hydrogen) atoms. The lowest BCUT2D eigenvalue weighted by atomic mass is 10.0. The third-order valence-electron chi connectivity index (χ3n) is 2.61. The molecule has 0 aliphatic heterocycles. The molecule has 0 radical (unpaired) electrons. The van der Waals surface area contributed by atoms with Crippen LogP contribution in [0, 0.1) is 5.92 Å². The van der Waals surface area contributed by atoms with E-state index in [0.29, 0.717) is 12.3 Å². The molecule has 4 heteroatoms. The Morgan fingerprint density at radius 2 is 1.80 bits per heavy atom. The molecule has 0 unspecified atom stereocenters. The van der Waals surface area contributed by atoms with Crippen molar-refractivity contribution in [1.82, 2.24) is 0 Å². The Hall–Kier alpha value is -1.55. The summed E-state index contributed by atoms with van der Waals surface area (Å²) in [6, 6.07) is 6.85. The van der Waals surface area contributed by atoms with Gasteiger partial charge in [0.2, 0.25) is 5.91 Å². The molecule has 3 N–H and O–H groups in total. The van der Waals surface area contributed by atoms with Gasteiger partial charge in [-0.25, -0.2) is 0 Å². The molecule has 0 aliphatic carbocycles. The number of hydrogen-bond acceptors (Lipinski definition) is 3. The van der Waals surface area contributed by atoms with Gasteiger partial charge < -0.3 is 15.8 Å². The van der Waals surface area contributed by atoms with Crippen molar-refractivity contribution in [1.29, 1.82) is 0 Å². The average molecular weight is 278 g/mol. The summed E-state index contributed by atoms with van der Waals surface area (Å²) in [6.07, 6.45) is 0.678. The Kier molecular flexibility index (Phi) is 5.57. The highest BCUT2D eigenvalue weighted by Crippen LogP contribution is 2.20. The lowest BCUT2D eigenvalue weighted by Crippen LogP contribution is -2.36. The van der Waals surface area contributed by atoms with Crippen molar-refractivity contribution in [2.45, 2.75) is 52.7 Å². The lowest BCUT2D eigenvalue weighted by molar-refractivity contribution is -0.117. The van der Waals surface area contributed by atoms with Crippen LogP contribution in [0.1, 0.15) is 41.0 Å². The van der Waals surface area contributed by atoms with E-state index in [1.807, 2.05) is 58.9 Å². The van der Waals surface area contributed by atoms with Crippen molar-refractivity contribution in [3.63, 3.8) is 0 Å². The monoisotopic (exact) mass is 278 g/mol. The van der Waals surface area contributed by atoms with Crippen LogP contribution in [0.4, 0.5) is 5.69 Å². The molecule has 1 aromatic rings. The van der Waals surface area contributed by atoms with Crippen LogP contribution in [0.5, 0.6) is 5.75 Å². The van der Waals surface area contributed by atoms with E-state index in [2.05, 4.69) is 5.32 Å².